The SMILES string of the molecule is C[C@@H]1[C@H](C)CCC[C@@H]1NC(=O)CN1C(=O)/C(=C\c2ccc(Cl)cc2)Oc2ccc(C(C)(C)C)cc21. The molecule has 0 bridgehead atoms. The first-order chi connectivity index (χ1) is 16.5. The lowest BCUT2D eigenvalue weighted by molar-refractivity contribution is -0.124. The van der Waals surface area contributed by atoms with Crippen molar-refractivity contribution in [3.63, 3.8) is 0 Å². The Hall–Kier alpha value is -2.79. The predicted molar refractivity (Wildman–Crippen MR) is 142 cm³/mol. The summed E-state index contributed by atoms with van der Waals surface area (Å²) in [6.07, 6.45) is 4.96. The maximum Gasteiger partial charge on any atom is 0.294 e. The smallest absolute Gasteiger partial charge is 0.294 e. The van der Waals surface area contributed by atoms with Gasteiger partial charge >= 0.3 is 0 Å². The molecule has 186 valence electrons. The minimum Gasteiger partial charge on any atom is -0.449 e. The first-order valence-corrected chi connectivity index (χ1v) is 12.8. The third kappa shape index (κ3) is 5.72. The van der Waals surface area contributed by atoms with Crippen LogP contribution < -0.4 is 15.0 Å². The molecule has 2 amide bonds. The Balaban J connectivity index is 1.65. The van der Waals surface area contributed by atoms with Crippen molar-refractivity contribution >= 4 is 35.2 Å². The van der Waals surface area contributed by atoms with E-state index in [0.717, 1.165) is 24.0 Å². The first kappa shape index (κ1) is 25.3. The minimum atomic E-state index is -0.335. The van der Waals surface area contributed by atoms with E-state index in [2.05, 4.69) is 39.9 Å². The zero-order valence-corrected chi connectivity index (χ0v) is 22.0. The number of fused-ring (bicyclic) bond motifs is 1. The molecule has 5 nitrogen and oxygen atoms in total. The fourth-order valence-electron chi connectivity index (χ4n) is 4.83. The lowest BCUT2D eigenvalue weighted by atomic mass is 9.78. The summed E-state index contributed by atoms with van der Waals surface area (Å²) in [6, 6.07) is 13.2. The van der Waals surface area contributed by atoms with E-state index in [4.69, 9.17) is 16.3 Å². The van der Waals surface area contributed by atoms with Crippen molar-refractivity contribution in [1.82, 2.24) is 5.32 Å². The molecule has 1 aliphatic heterocycles. The van der Waals surface area contributed by atoms with E-state index < -0.39 is 0 Å². The van der Waals surface area contributed by atoms with Gasteiger partial charge in [-0.2, -0.15) is 0 Å². The molecule has 1 heterocycles. The first-order valence-electron chi connectivity index (χ1n) is 12.4. The third-order valence-corrected chi connectivity index (χ3v) is 7.57. The molecule has 0 unspecified atom stereocenters. The standard InChI is InChI=1S/C29H35ClN2O3/c1-18-7-6-8-23(19(18)2)31-27(33)17-32-24-16-21(29(3,4)5)11-14-25(24)35-26(28(32)34)15-20-9-12-22(30)13-10-20/h9-16,18-19,23H,6-8,17H2,1-5H3,(H,31,33)/b26-15+/t18-,19-,23+/m1/s1. The summed E-state index contributed by atoms with van der Waals surface area (Å²) < 4.78 is 6.04. The van der Waals surface area contributed by atoms with Gasteiger partial charge in [0.05, 0.1) is 5.69 Å². The van der Waals surface area contributed by atoms with Gasteiger partial charge in [-0.05, 0) is 65.1 Å². The second-order valence-corrected chi connectivity index (χ2v) is 11.4. The number of hydrogen-bond acceptors (Lipinski definition) is 3. The van der Waals surface area contributed by atoms with Crippen molar-refractivity contribution in [3.8, 4) is 5.75 Å². The van der Waals surface area contributed by atoms with E-state index in [1.165, 1.54) is 6.42 Å². The monoisotopic (exact) mass is 494 g/mol. The molecule has 4 rings (SSSR count). The molecule has 2 aliphatic rings. The molecule has 35 heavy (non-hydrogen) atoms. The Bertz CT molecular complexity index is 1130. The number of carbonyl (C=O) groups excluding carboxylic acids is 2. The Morgan fingerprint density at radius 3 is 2.54 bits per heavy atom. The van der Waals surface area contributed by atoms with Crippen LogP contribution in [0.2, 0.25) is 5.02 Å². The highest BCUT2D eigenvalue weighted by molar-refractivity contribution is 6.30. The Labute approximate surface area is 213 Å². The highest BCUT2D eigenvalue weighted by Crippen LogP contribution is 2.39. The van der Waals surface area contributed by atoms with Gasteiger partial charge in [-0.15, -0.1) is 0 Å². The lowest BCUT2D eigenvalue weighted by Gasteiger charge is -2.36. The highest BCUT2D eigenvalue weighted by Gasteiger charge is 2.34. The number of rotatable bonds is 4. The van der Waals surface area contributed by atoms with Gasteiger partial charge in [0.25, 0.3) is 5.91 Å². The summed E-state index contributed by atoms with van der Waals surface area (Å²) in [6.45, 7) is 10.7. The van der Waals surface area contributed by atoms with Crippen LogP contribution in [-0.2, 0) is 15.0 Å². The fraction of sp³-hybridized carbons (Fsp3) is 0.448. The fourth-order valence-corrected chi connectivity index (χ4v) is 4.95. The van der Waals surface area contributed by atoms with Crippen LogP contribution in [0.3, 0.4) is 0 Å². The van der Waals surface area contributed by atoms with Crippen LogP contribution in [0, 0.1) is 11.8 Å². The summed E-state index contributed by atoms with van der Waals surface area (Å²) >= 11 is 6.01. The van der Waals surface area contributed by atoms with Gasteiger partial charge in [0, 0.05) is 11.1 Å². The number of hydrogen-bond donors (Lipinski definition) is 1. The second kappa shape index (κ2) is 10.1. The molecule has 0 saturated heterocycles. The van der Waals surface area contributed by atoms with Gasteiger partial charge in [0.15, 0.2) is 11.5 Å². The van der Waals surface area contributed by atoms with Gasteiger partial charge in [-0.3, -0.25) is 14.5 Å². The van der Waals surface area contributed by atoms with E-state index in [0.29, 0.717) is 28.3 Å². The van der Waals surface area contributed by atoms with Crippen LogP contribution in [0.15, 0.2) is 48.2 Å². The lowest BCUT2D eigenvalue weighted by Crippen LogP contribution is -2.49. The highest BCUT2D eigenvalue weighted by atomic mass is 35.5. The van der Waals surface area contributed by atoms with Gasteiger partial charge in [0.1, 0.15) is 6.54 Å². The van der Waals surface area contributed by atoms with E-state index in [1.54, 1.807) is 23.1 Å². The maximum absolute atomic E-state index is 13.6. The van der Waals surface area contributed by atoms with E-state index >= 15 is 0 Å². The van der Waals surface area contributed by atoms with Gasteiger partial charge in [-0.1, -0.05) is 77.3 Å². The Morgan fingerprint density at radius 2 is 1.86 bits per heavy atom. The zero-order valence-electron chi connectivity index (χ0n) is 21.2. The number of anilines is 1. The molecule has 1 saturated carbocycles. The molecule has 0 radical (unpaired) electrons. The van der Waals surface area contributed by atoms with Crippen LogP contribution in [0.1, 0.15) is 65.0 Å². The number of halogens is 1. The van der Waals surface area contributed by atoms with E-state index in [9.17, 15) is 9.59 Å². The van der Waals surface area contributed by atoms with Crippen molar-refractivity contribution in [3.05, 3.63) is 64.4 Å². The molecule has 1 fully saturated rings. The Morgan fingerprint density at radius 1 is 1.14 bits per heavy atom. The van der Waals surface area contributed by atoms with Gasteiger partial charge in [-0.25, -0.2) is 0 Å². The number of amides is 2. The van der Waals surface area contributed by atoms with Crippen molar-refractivity contribution < 1.29 is 14.3 Å². The molecule has 2 aromatic carbocycles. The summed E-state index contributed by atoms with van der Waals surface area (Å²) in [5.41, 5.74) is 2.37. The van der Waals surface area contributed by atoms with Crippen molar-refractivity contribution in [2.75, 3.05) is 11.4 Å². The molecule has 2 aromatic rings. The van der Waals surface area contributed by atoms with Gasteiger partial charge in [0.2, 0.25) is 5.91 Å². The van der Waals surface area contributed by atoms with Gasteiger partial charge < -0.3 is 10.1 Å². The predicted octanol–water partition coefficient (Wildman–Crippen LogP) is 6.34. The zero-order chi connectivity index (χ0) is 25.3. The molecule has 3 atom stereocenters. The molecule has 6 heteroatoms. The normalized spacial score (nSPS) is 23.6. The number of benzene rings is 2. The minimum absolute atomic E-state index is 0.0572. The molecule has 1 N–H and O–H groups in total. The van der Waals surface area contributed by atoms with Crippen molar-refractivity contribution in [2.24, 2.45) is 11.8 Å². The summed E-state index contributed by atoms with van der Waals surface area (Å²) in [7, 11) is 0. The van der Waals surface area contributed by atoms with Crippen LogP contribution in [0.25, 0.3) is 6.08 Å². The molecular weight excluding hydrogens is 460 g/mol. The van der Waals surface area contributed by atoms with Crippen LogP contribution in [0.5, 0.6) is 5.75 Å². The van der Waals surface area contributed by atoms with E-state index in [-0.39, 0.29) is 35.6 Å². The topological polar surface area (TPSA) is 58.6 Å². The van der Waals surface area contributed by atoms with Crippen LogP contribution >= 0.6 is 11.6 Å². The number of nitrogens with one attached hydrogen (secondary N) is 1. The summed E-state index contributed by atoms with van der Waals surface area (Å²) in [4.78, 5) is 28.3. The van der Waals surface area contributed by atoms with Crippen LogP contribution in [-0.4, -0.2) is 24.4 Å². The number of ether oxygens (including phenoxy) is 1. The molecule has 0 spiro atoms. The van der Waals surface area contributed by atoms with Crippen molar-refractivity contribution in [2.45, 2.75) is 65.3 Å². The average molecular weight is 495 g/mol. The second-order valence-electron chi connectivity index (χ2n) is 10.9. The summed E-state index contributed by atoms with van der Waals surface area (Å²) in [5, 5.41) is 3.82. The Kier molecular flexibility index (Phi) is 7.27. The molecular formula is C29H35ClN2O3. The third-order valence-electron chi connectivity index (χ3n) is 7.31. The van der Waals surface area contributed by atoms with E-state index in [1.807, 2.05) is 30.3 Å². The number of nitrogens with zero attached hydrogens (tertiary/aromatic N) is 1. The average Bonchev–Trinajstić information content (AvgIpc) is 2.80. The van der Waals surface area contributed by atoms with Crippen LogP contribution in [0.4, 0.5) is 5.69 Å². The quantitative estimate of drug-likeness (QED) is 0.504. The summed E-state index contributed by atoms with van der Waals surface area (Å²) in [5.74, 6) is 1.24. The van der Waals surface area contributed by atoms with Crippen molar-refractivity contribution in [1.29, 1.82) is 0 Å². The number of carbonyl (C=O) groups is 2. The maximum atomic E-state index is 13.6. The molecule has 0 aromatic heterocycles. The molecule has 1 aliphatic carbocycles. The largest absolute Gasteiger partial charge is 0.449 e.